The Labute approximate surface area is 173 Å². The Morgan fingerprint density at radius 3 is 1.75 bits per heavy atom. The zero-order chi connectivity index (χ0) is 22.9. The summed E-state index contributed by atoms with van der Waals surface area (Å²) in [5, 5.41) is 10.8. The maximum absolute atomic E-state index is 11.5. The molecule has 28 heavy (non-hydrogen) atoms. The Kier molecular flexibility index (Phi) is 19.7. The van der Waals surface area contributed by atoms with E-state index in [2.05, 4.69) is 13.8 Å². The standard InChI is InChI=1S/C14H16O4S.C3H8.3C2H6/c1-9-3-4-12-10(2)13(5-6-15)14(19(16,17)18)8-11(12)7-9;1-3-2;3*1-2/h3-4,7-8,15H,5-6H2,1-2H3,(H,16,17,18);3H2,1-2H3;3*1-2H3. The molecule has 4 nitrogen and oxygen atoms in total. The van der Waals surface area contributed by atoms with Crippen LogP contribution in [0.1, 0.15) is 78.5 Å². The van der Waals surface area contributed by atoms with Gasteiger partial charge in [0.15, 0.2) is 0 Å². The van der Waals surface area contributed by atoms with E-state index in [4.69, 9.17) is 5.11 Å². The summed E-state index contributed by atoms with van der Waals surface area (Å²) in [6.45, 7) is 19.8. The van der Waals surface area contributed by atoms with Crippen molar-refractivity contribution in [1.29, 1.82) is 0 Å². The van der Waals surface area contributed by atoms with E-state index in [0.717, 1.165) is 21.9 Å². The SMILES string of the molecule is CC.CC.CC.CCC.Cc1ccc2c(C)c(CCO)c(S(=O)(=O)O)cc2c1. The summed E-state index contributed by atoms with van der Waals surface area (Å²) in [4.78, 5) is -0.114. The normalized spacial score (nSPS) is 9.43. The van der Waals surface area contributed by atoms with E-state index in [9.17, 15) is 13.0 Å². The van der Waals surface area contributed by atoms with Crippen molar-refractivity contribution < 1.29 is 18.1 Å². The van der Waals surface area contributed by atoms with Crippen molar-refractivity contribution in [3.63, 3.8) is 0 Å². The van der Waals surface area contributed by atoms with Crippen LogP contribution in [0.2, 0.25) is 0 Å². The molecule has 0 aliphatic rings. The van der Waals surface area contributed by atoms with Gasteiger partial charge in [-0.05, 0) is 48.2 Å². The van der Waals surface area contributed by atoms with E-state index < -0.39 is 10.1 Å². The van der Waals surface area contributed by atoms with E-state index in [0.29, 0.717) is 5.56 Å². The molecule has 0 saturated carbocycles. The van der Waals surface area contributed by atoms with Gasteiger partial charge in [-0.2, -0.15) is 8.42 Å². The highest BCUT2D eigenvalue weighted by molar-refractivity contribution is 7.85. The summed E-state index contributed by atoms with van der Waals surface area (Å²) in [6, 6.07) is 7.22. The lowest BCUT2D eigenvalue weighted by Crippen LogP contribution is -2.07. The van der Waals surface area contributed by atoms with Gasteiger partial charge in [0.1, 0.15) is 0 Å². The van der Waals surface area contributed by atoms with Gasteiger partial charge < -0.3 is 5.11 Å². The average molecular weight is 415 g/mol. The highest BCUT2D eigenvalue weighted by Crippen LogP contribution is 2.29. The minimum absolute atomic E-state index is 0.114. The summed E-state index contributed by atoms with van der Waals surface area (Å²) in [7, 11) is -4.29. The van der Waals surface area contributed by atoms with Gasteiger partial charge in [-0.25, -0.2) is 0 Å². The van der Waals surface area contributed by atoms with E-state index in [1.807, 2.05) is 66.7 Å². The molecule has 0 heterocycles. The van der Waals surface area contributed by atoms with E-state index in [1.54, 1.807) is 6.92 Å². The Hall–Kier alpha value is -1.43. The smallest absolute Gasteiger partial charge is 0.294 e. The largest absolute Gasteiger partial charge is 0.396 e. The quantitative estimate of drug-likeness (QED) is 0.546. The lowest BCUT2D eigenvalue weighted by atomic mass is 9.97. The maximum atomic E-state index is 11.5. The van der Waals surface area contributed by atoms with Crippen molar-refractivity contribution in [3.05, 3.63) is 41.0 Å². The van der Waals surface area contributed by atoms with Gasteiger partial charge >= 0.3 is 0 Å². The first-order valence-electron chi connectivity index (χ1n) is 10.4. The van der Waals surface area contributed by atoms with Crippen molar-refractivity contribution in [2.75, 3.05) is 6.61 Å². The third-order valence-electron chi connectivity index (χ3n) is 3.29. The fourth-order valence-corrected chi connectivity index (χ4v) is 3.21. The van der Waals surface area contributed by atoms with Crippen LogP contribution >= 0.6 is 0 Å². The van der Waals surface area contributed by atoms with Gasteiger partial charge in [0, 0.05) is 6.61 Å². The van der Waals surface area contributed by atoms with Crippen molar-refractivity contribution >= 4 is 20.9 Å². The molecular formula is C23H42O4S. The van der Waals surface area contributed by atoms with Crippen LogP contribution in [-0.2, 0) is 16.5 Å². The number of aliphatic hydroxyl groups excluding tert-OH is 1. The molecule has 0 saturated heterocycles. The lowest BCUT2D eigenvalue weighted by Gasteiger charge is -2.13. The minimum Gasteiger partial charge on any atom is -0.396 e. The topological polar surface area (TPSA) is 74.6 Å². The lowest BCUT2D eigenvalue weighted by molar-refractivity contribution is 0.298. The fourth-order valence-electron chi connectivity index (χ4n) is 2.37. The van der Waals surface area contributed by atoms with Crippen LogP contribution in [0, 0.1) is 13.8 Å². The highest BCUT2D eigenvalue weighted by Gasteiger charge is 2.19. The van der Waals surface area contributed by atoms with Gasteiger partial charge in [-0.1, -0.05) is 85.6 Å². The molecule has 0 bridgehead atoms. The number of aliphatic hydroxyl groups is 1. The molecule has 2 aromatic rings. The van der Waals surface area contributed by atoms with Gasteiger partial charge in [0.25, 0.3) is 10.1 Å². The summed E-state index contributed by atoms with van der Waals surface area (Å²) < 4.78 is 32.3. The maximum Gasteiger partial charge on any atom is 0.294 e. The van der Waals surface area contributed by atoms with Crippen LogP contribution in [0.25, 0.3) is 10.8 Å². The Balaban J connectivity index is -0.000000604. The molecule has 0 aliphatic heterocycles. The van der Waals surface area contributed by atoms with Gasteiger partial charge in [-0.3, -0.25) is 4.55 Å². The molecule has 0 spiro atoms. The monoisotopic (exact) mass is 414 g/mol. The summed E-state index contributed by atoms with van der Waals surface area (Å²) in [6.07, 6.45) is 1.45. The first-order valence-corrected chi connectivity index (χ1v) is 11.8. The van der Waals surface area contributed by atoms with Crippen LogP contribution < -0.4 is 0 Å². The molecule has 0 amide bonds. The second-order valence-electron chi connectivity index (χ2n) is 5.36. The van der Waals surface area contributed by atoms with Gasteiger partial charge in [0.2, 0.25) is 0 Å². The number of rotatable bonds is 3. The summed E-state index contributed by atoms with van der Waals surface area (Å²) >= 11 is 0. The molecule has 164 valence electrons. The minimum atomic E-state index is -4.29. The van der Waals surface area contributed by atoms with Crippen molar-refractivity contribution in [1.82, 2.24) is 0 Å². The van der Waals surface area contributed by atoms with Crippen LogP contribution in [0.3, 0.4) is 0 Å². The Morgan fingerprint density at radius 2 is 1.36 bits per heavy atom. The fraction of sp³-hybridized carbons (Fsp3) is 0.565. The summed E-state index contributed by atoms with van der Waals surface area (Å²) in [5.41, 5.74) is 2.27. The van der Waals surface area contributed by atoms with E-state index in [-0.39, 0.29) is 17.9 Å². The molecule has 0 atom stereocenters. The molecule has 2 rings (SSSR count). The van der Waals surface area contributed by atoms with E-state index >= 15 is 0 Å². The second kappa shape index (κ2) is 17.7. The highest BCUT2D eigenvalue weighted by atomic mass is 32.2. The predicted octanol–water partition coefficient (Wildman–Crippen LogP) is 6.73. The van der Waals surface area contributed by atoms with Crippen LogP contribution in [0.15, 0.2) is 29.2 Å². The second-order valence-corrected chi connectivity index (χ2v) is 6.75. The molecule has 0 aromatic heterocycles. The number of fused-ring (bicyclic) bond motifs is 1. The summed E-state index contributed by atoms with van der Waals surface area (Å²) in [5.74, 6) is 0. The van der Waals surface area contributed by atoms with Crippen molar-refractivity contribution in [3.8, 4) is 0 Å². The predicted molar refractivity (Wildman–Crippen MR) is 124 cm³/mol. The molecular weight excluding hydrogens is 372 g/mol. The van der Waals surface area contributed by atoms with Crippen LogP contribution in [0.4, 0.5) is 0 Å². The number of aryl methyl sites for hydroxylation is 2. The molecule has 0 fully saturated rings. The molecule has 0 aliphatic carbocycles. The Bertz CT molecular complexity index is 751. The molecule has 2 N–H and O–H groups in total. The number of hydrogen-bond donors (Lipinski definition) is 2. The van der Waals surface area contributed by atoms with Gasteiger partial charge in [0.05, 0.1) is 4.90 Å². The number of benzene rings is 2. The molecule has 0 radical (unpaired) electrons. The Morgan fingerprint density at radius 1 is 0.893 bits per heavy atom. The average Bonchev–Trinajstić information content (AvgIpc) is 2.68. The third kappa shape index (κ3) is 10.2. The third-order valence-corrected chi connectivity index (χ3v) is 4.21. The van der Waals surface area contributed by atoms with E-state index in [1.165, 1.54) is 12.5 Å². The van der Waals surface area contributed by atoms with Gasteiger partial charge in [-0.15, -0.1) is 0 Å². The first-order chi connectivity index (χ1) is 13.3. The molecule has 0 unspecified atom stereocenters. The van der Waals surface area contributed by atoms with Crippen molar-refractivity contribution in [2.24, 2.45) is 0 Å². The first kappa shape index (κ1) is 31.3. The number of hydrogen-bond acceptors (Lipinski definition) is 3. The van der Waals surface area contributed by atoms with Crippen LogP contribution in [0.5, 0.6) is 0 Å². The van der Waals surface area contributed by atoms with Crippen LogP contribution in [-0.4, -0.2) is 24.7 Å². The zero-order valence-electron chi connectivity index (χ0n) is 19.5. The van der Waals surface area contributed by atoms with Crippen molar-refractivity contribution in [2.45, 2.75) is 87.0 Å². The zero-order valence-corrected chi connectivity index (χ0v) is 20.4. The molecule has 2 aromatic carbocycles. The molecule has 5 heteroatoms.